The van der Waals surface area contributed by atoms with Crippen molar-refractivity contribution in [3.8, 4) is 0 Å². The number of aryl methyl sites for hydroxylation is 1. The molecule has 3 heteroatoms. The molecule has 0 aromatic carbocycles. The van der Waals surface area contributed by atoms with E-state index in [-0.39, 0.29) is 5.92 Å². The molecule has 14 heavy (non-hydrogen) atoms. The second kappa shape index (κ2) is 3.96. The Bertz CT molecular complexity index is 324. The quantitative estimate of drug-likeness (QED) is 0.732. The first-order chi connectivity index (χ1) is 6.83. The summed E-state index contributed by atoms with van der Waals surface area (Å²) in [6, 6.07) is 3.86. The normalized spacial score (nSPS) is 21.4. The molecule has 3 nitrogen and oxygen atoms in total. The number of nitrogens with one attached hydrogen (secondary N) is 1. The van der Waals surface area contributed by atoms with Crippen molar-refractivity contribution in [3.05, 3.63) is 24.0 Å². The van der Waals surface area contributed by atoms with Gasteiger partial charge >= 0.3 is 0 Å². The summed E-state index contributed by atoms with van der Waals surface area (Å²) in [6.07, 6.45) is 2.95. The molecule has 0 saturated carbocycles. The molecule has 0 amide bonds. The molecule has 1 aliphatic heterocycles. The molecule has 1 aromatic rings. The third-order valence-corrected chi connectivity index (χ3v) is 2.85. The minimum atomic E-state index is 0.190. The maximum atomic E-state index is 12.0. The predicted octanol–water partition coefficient (Wildman–Crippen LogP) is 1.30. The fraction of sp³-hybridized carbons (Fsp3) is 0.545. The number of aromatic nitrogens is 1. The molecule has 0 bridgehead atoms. The summed E-state index contributed by atoms with van der Waals surface area (Å²) in [5, 5.41) is 3.22. The molecule has 1 unspecified atom stereocenters. The van der Waals surface area contributed by atoms with Crippen molar-refractivity contribution in [1.29, 1.82) is 0 Å². The van der Waals surface area contributed by atoms with Crippen molar-refractivity contribution in [2.24, 2.45) is 5.92 Å². The van der Waals surface area contributed by atoms with E-state index in [2.05, 4.69) is 12.2 Å². The van der Waals surface area contributed by atoms with Gasteiger partial charge in [0.15, 0.2) is 5.78 Å². The van der Waals surface area contributed by atoms with Crippen LogP contribution < -0.4 is 5.32 Å². The molecule has 1 fully saturated rings. The van der Waals surface area contributed by atoms with Gasteiger partial charge < -0.3 is 9.88 Å². The molecule has 76 valence electrons. The van der Waals surface area contributed by atoms with Crippen LogP contribution in [0.5, 0.6) is 0 Å². The van der Waals surface area contributed by atoms with E-state index in [1.54, 1.807) is 0 Å². The van der Waals surface area contributed by atoms with Gasteiger partial charge in [-0.25, -0.2) is 0 Å². The summed E-state index contributed by atoms with van der Waals surface area (Å²) in [7, 11) is 0. The van der Waals surface area contributed by atoms with E-state index in [1.165, 1.54) is 0 Å². The molecular formula is C11H16N2O. The van der Waals surface area contributed by atoms with Gasteiger partial charge in [0.1, 0.15) is 0 Å². The van der Waals surface area contributed by atoms with Gasteiger partial charge in [-0.05, 0) is 32.0 Å². The summed E-state index contributed by atoms with van der Waals surface area (Å²) < 4.78 is 2.01. The zero-order chi connectivity index (χ0) is 9.97. The van der Waals surface area contributed by atoms with Crippen LogP contribution in [-0.4, -0.2) is 23.4 Å². The molecule has 1 aliphatic rings. The van der Waals surface area contributed by atoms with E-state index in [0.29, 0.717) is 5.78 Å². The van der Waals surface area contributed by atoms with Crippen molar-refractivity contribution in [1.82, 2.24) is 9.88 Å². The molecule has 1 atom stereocenters. The second-order valence-corrected chi connectivity index (χ2v) is 3.73. The maximum Gasteiger partial charge on any atom is 0.183 e. The van der Waals surface area contributed by atoms with Crippen LogP contribution in [0.3, 0.4) is 0 Å². The average Bonchev–Trinajstić information content (AvgIpc) is 2.87. The Labute approximate surface area is 84.1 Å². The molecule has 0 spiro atoms. The molecule has 2 rings (SSSR count). The molecule has 1 aromatic heterocycles. The summed E-state index contributed by atoms with van der Waals surface area (Å²) in [4.78, 5) is 12.0. The molecule has 0 radical (unpaired) electrons. The van der Waals surface area contributed by atoms with Crippen molar-refractivity contribution in [2.45, 2.75) is 19.9 Å². The van der Waals surface area contributed by atoms with E-state index in [1.807, 2.05) is 22.9 Å². The van der Waals surface area contributed by atoms with Crippen LogP contribution >= 0.6 is 0 Å². The fourth-order valence-corrected chi connectivity index (χ4v) is 2.00. The lowest BCUT2D eigenvalue weighted by Crippen LogP contribution is -2.20. The highest BCUT2D eigenvalue weighted by Crippen LogP contribution is 2.15. The van der Waals surface area contributed by atoms with Gasteiger partial charge in [-0.3, -0.25) is 4.79 Å². The van der Waals surface area contributed by atoms with E-state index in [0.717, 1.165) is 31.7 Å². The lowest BCUT2D eigenvalue weighted by atomic mass is 10.0. The Morgan fingerprint density at radius 1 is 1.71 bits per heavy atom. The van der Waals surface area contributed by atoms with Crippen LogP contribution in [0.1, 0.15) is 23.8 Å². The number of nitrogens with zero attached hydrogens (tertiary/aromatic N) is 1. The minimum absolute atomic E-state index is 0.190. The van der Waals surface area contributed by atoms with Gasteiger partial charge in [-0.15, -0.1) is 0 Å². The van der Waals surface area contributed by atoms with Gasteiger partial charge in [-0.1, -0.05) is 0 Å². The zero-order valence-corrected chi connectivity index (χ0v) is 8.49. The SMILES string of the molecule is CCn1cccc1C(=O)C1CCNC1. The van der Waals surface area contributed by atoms with Crippen LogP contribution in [-0.2, 0) is 6.54 Å². The first kappa shape index (κ1) is 9.46. The summed E-state index contributed by atoms with van der Waals surface area (Å²) in [5.41, 5.74) is 0.862. The van der Waals surface area contributed by atoms with Crippen LogP contribution in [0.4, 0.5) is 0 Å². The Hall–Kier alpha value is -1.09. The predicted molar refractivity (Wildman–Crippen MR) is 55.4 cm³/mol. The number of rotatable bonds is 3. The van der Waals surface area contributed by atoms with Gasteiger partial charge in [0.05, 0.1) is 5.69 Å². The number of Topliss-reactive ketones (excluding diaryl/α,β-unsaturated/α-hetero) is 1. The third kappa shape index (κ3) is 1.60. The van der Waals surface area contributed by atoms with Crippen LogP contribution in [0.2, 0.25) is 0 Å². The van der Waals surface area contributed by atoms with Gasteiger partial charge in [0.2, 0.25) is 0 Å². The van der Waals surface area contributed by atoms with E-state index >= 15 is 0 Å². The topological polar surface area (TPSA) is 34.0 Å². The number of ketones is 1. The minimum Gasteiger partial charge on any atom is -0.345 e. The van der Waals surface area contributed by atoms with Crippen molar-refractivity contribution in [3.63, 3.8) is 0 Å². The number of hydrogen-bond donors (Lipinski definition) is 1. The molecule has 1 N–H and O–H groups in total. The standard InChI is InChI=1S/C11H16N2O/c1-2-13-7-3-4-10(13)11(14)9-5-6-12-8-9/h3-4,7,9,12H,2,5-6,8H2,1H3. The maximum absolute atomic E-state index is 12.0. The van der Waals surface area contributed by atoms with E-state index < -0.39 is 0 Å². The van der Waals surface area contributed by atoms with Crippen molar-refractivity contribution >= 4 is 5.78 Å². The average molecular weight is 192 g/mol. The Kier molecular flexibility index (Phi) is 2.68. The number of carbonyl (C=O) groups is 1. The fourth-order valence-electron chi connectivity index (χ4n) is 2.00. The lowest BCUT2D eigenvalue weighted by Gasteiger charge is -2.09. The Morgan fingerprint density at radius 2 is 2.57 bits per heavy atom. The number of hydrogen-bond acceptors (Lipinski definition) is 2. The van der Waals surface area contributed by atoms with Crippen LogP contribution in [0.15, 0.2) is 18.3 Å². The van der Waals surface area contributed by atoms with Gasteiger partial charge in [-0.2, -0.15) is 0 Å². The molecule has 0 aliphatic carbocycles. The van der Waals surface area contributed by atoms with E-state index in [4.69, 9.17) is 0 Å². The highest BCUT2D eigenvalue weighted by atomic mass is 16.1. The summed E-state index contributed by atoms with van der Waals surface area (Å²) >= 11 is 0. The van der Waals surface area contributed by atoms with Gasteiger partial charge in [0.25, 0.3) is 0 Å². The summed E-state index contributed by atoms with van der Waals surface area (Å²) in [6.45, 7) is 4.74. The highest BCUT2D eigenvalue weighted by Gasteiger charge is 2.24. The number of carbonyl (C=O) groups excluding carboxylic acids is 1. The summed E-state index contributed by atoms with van der Waals surface area (Å²) in [5.74, 6) is 0.483. The monoisotopic (exact) mass is 192 g/mol. The molecular weight excluding hydrogens is 176 g/mol. The highest BCUT2D eigenvalue weighted by molar-refractivity contribution is 5.96. The largest absolute Gasteiger partial charge is 0.345 e. The Balaban J connectivity index is 2.17. The Morgan fingerprint density at radius 3 is 3.21 bits per heavy atom. The second-order valence-electron chi connectivity index (χ2n) is 3.73. The van der Waals surface area contributed by atoms with Crippen LogP contribution in [0.25, 0.3) is 0 Å². The third-order valence-electron chi connectivity index (χ3n) is 2.85. The van der Waals surface area contributed by atoms with Crippen molar-refractivity contribution in [2.75, 3.05) is 13.1 Å². The van der Waals surface area contributed by atoms with Gasteiger partial charge in [0, 0.05) is 25.2 Å². The first-order valence-corrected chi connectivity index (χ1v) is 5.23. The van der Waals surface area contributed by atoms with E-state index in [9.17, 15) is 4.79 Å². The smallest absolute Gasteiger partial charge is 0.183 e. The molecule has 1 saturated heterocycles. The first-order valence-electron chi connectivity index (χ1n) is 5.23. The molecule has 2 heterocycles. The van der Waals surface area contributed by atoms with Crippen molar-refractivity contribution < 1.29 is 4.79 Å². The zero-order valence-electron chi connectivity index (χ0n) is 8.49. The van der Waals surface area contributed by atoms with Crippen LogP contribution in [0, 0.1) is 5.92 Å². The lowest BCUT2D eigenvalue weighted by molar-refractivity contribution is 0.0921.